The van der Waals surface area contributed by atoms with Gasteiger partial charge in [0.05, 0.1) is 23.3 Å². The van der Waals surface area contributed by atoms with Gasteiger partial charge in [0.15, 0.2) is 0 Å². The minimum atomic E-state index is -3.12. The number of imidazole rings is 1. The van der Waals surface area contributed by atoms with E-state index in [0.29, 0.717) is 37.7 Å². The molecule has 4 rings (SSSR count). The predicted octanol–water partition coefficient (Wildman–Crippen LogP) is 3.21. The minimum Gasteiger partial charge on any atom is -0.322 e. The van der Waals surface area contributed by atoms with Gasteiger partial charge in [0.2, 0.25) is 10.0 Å². The lowest BCUT2D eigenvalue weighted by molar-refractivity contribution is 0.177. The molecule has 0 radical (unpaired) electrons. The van der Waals surface area contributed by atoms with Crippen LogP contribution < -0.4 is 0 Å². The second-order valence-corrected chi connectivity index (χ2v) is 10.0. The quantitative estimate of drug-likeness (QED) is 0.600. The van der Waals surface area contributed by atoms with E-state index >= 15 is 0 Å². The molecule has 8 heteroatoms. The molecule has 0 saturated carbocycles. The van der Waals surface area contributed by atoms with Gasteiger partial charge < -0.3 is 4.57 Å². The number of nitrogens with zero attached hydrogens (tertiary/aromatic N) is 4. The highest BCUT2D eigenvalue weighted by Crippen LogP contribution is 2.23. The third kappa shape index (κ3) is 4.48. The van der Waals surface area contributed by atoms with Crippen molar-refractivity contribution in [3.8, 4) is 0 Å². The average molecular weight is 433 g/mol. The highest BCUT2D eigenvalue weighted by atomic mass is 35.5. The lowest BCUT2D eigenvalue weighted by atomic mass is 10.2. The molecule has 1 aliphatic rings. The number of halogens is 1. The normalized spacial score (nSPS) is 16.5. The number of benzene rings is 2. The topological polar surface area (TPSA) is 58.4 Å². The molecule has 0 N–H and O–H groups in total. The zero-order valence-corrected chi connectivity index (χ0v) is 18.0. The third-order valence-corrected chi connectivity index (χ3v) is 7.54. The van der Waals surface area contributed by atoms with Crippen LogP contribution in [-0.4, -0.2) is 59.1 Å². The van der Waals surface area contributed by atoms with Crippen molar-refractivity contribution >= 4 is 32.7 Å². The maximum atomic E-state index is 12.1. The number of hydrogen-bond acceptors (Lipinski definition) is 4. The van der Waals surface area contributed by atoms with Gasteiger partial charge in [-0.2, -0.15) is 4.31 Å². The van der Waals surface area contributed by atoms with Crippen molar-refractivity contribution in [1.82, 2.24) is 18.8 Å². The molecule has 1 aromatic heterocycles. The summed E-state index contributed by atoms with van der Waals surface area (Å²) >= 11 is 6.18. The Morgan fingerprint density at radius 2 is 1.72 bits per heavy atom. The number of sulfonamides is 1. The Bertz CT molecular complexity index is 1090. The standard InChI is InChI=1S/C21H25ClN4O2S/c1-2-29(27,28)25-12-10-24(11-13-25)16-21-23-19-14-18(22)8-9-20(19)26(21)15-17-6-4-3-5-7-17/h3-9,14H,2,10-13,15-16H2,1H3. The lowest BCUT2D eigenvalue weighted by Gasteiger charge is -2.33. The van der Waals surface area contributed by atoms with E-state index in [1.807, 2.05) is 36.4 Å². The first-order valence-corrected chi connectivity index (χ1v) is 11.8. The molecule has 0 aliphatic carbocycles. The molecule has 0 bridgehead atoms. The van der Waals surface area contributed by atoms with E-state index in [1.54, 1.807) is 11.2 Å². The van der Waals surface area contributed by atoms with Crippen LogP contribution in [0.25, 0.3) is 11.0 Å². The molecule has 0 amide bonds. The molecule has 0 unspecified atom stereocenters. The Labute approximate surface area is 176 Å². The molecule has 3 aromatic rings. The van der Waals surface area contributed by atoms with Gasteiger partial charge in [-0.05, 0) is 30.7 Å². The molecule has 0 spiro atoms. The molecule has 1 saturated heterocycles. The monoisotopic (exact) mass is 432 g/mol. The lowest BCUT2D eigenvalue weighted by Crippen LogP contribution is -2.48. The number of aromatic nitrogens is 2. The Morgan fingerprint density at radius 3 is 2.41 bits per heavy atom. The Morgan fingerprint density at radius 1 is 1.00 bits per heavy atom. The molecule has 0 atom stereocenters. The van der Waals surface area contributed by atoms with E-state index in [0.717, 1.165) is 23.4 Å². The second-order valence-electron chi connectivity index (χ2n) is 7.31. The van der Waals surface area contributed by atoms with Gasteiger partial charge in [-0.1, -0.05) is 41.9 Å². The summed E-state index contributed by atoms with van der Waals surface area (Å²) in [5, 5.41) is 0.673. The predicted molar refractivity (Wildman–Crippen MR) is 117 cm³/mol. The van der Waals surface area contributed by atoms with Crippen molar-refractivity contribution < 1.29 is 8.42 Å². The summed E-state index contributed by atoms with van der Waals surface area (Å²) < 4.78 is 28.0. The molecule has 6 nitrogen and oxygen atoms in total. The van der Waals surface area contributed by atoms with Crippen molar-refractivity contribution in [3.63, 3.8) is 0 Å². The van der Waals surface area contributed by atoms with Crippen LogP contribution in [0.5, 0.6) is 0 Å². The van der Waals surface area contributed by atoms with Crippen molar-refractivity contribution in [2.45, 2.75) is 20.0 Å². The SMILES string of the molecule is CCS(=O)(=O)N1CCN(Cc2nc3cc(Cl)ccc3n2Cc2ccccc2)CC1. The third-order valence-electron chi connectivity index (χ3n) is 5.43. The Balaban J connectivity index is 1.58. The Hall–Kier alpha value is -1.93. The molecule has 2 heterocycles. The van der Waals surface area contributed by atoms with Crippen LogP contribution in [0.4, 0.5) is 0 Å². The molecule has 154 valence electrons. The number of fused-ring (bicyclic) bond motifs is 1. The maximum Gasteiger partial charge on any atom is 0.213 e. The van der Waals surface area contributed by atoms with E-state index in [9.17, 15) is 8.42 Å². The second kappa shape index (κ2) is 8.44. The van der Waals surface area contributed by atoms with Gasteiger partial charge in [0.25, 0.3) is 0 Å². The van der Waals surface area contributed by atoms with Gasteiger partial charge >= 0.3 is 0 Å². The largest absolute Gasteiger partial charge is 0.322 e. The van der Waals surface area contributed by atoms with Gasteiger partial charge in [-0.3, -0.25) is 4.90 Å². The fourth-order valence-corrected chi connectivity index (χ4v) is 5.02. The van der Waals surface area contributed by atoms with Gasteiger partial charge in [-0.25, -0.2) is 13.4 Å². The number of piperazine rings is 1. The van der Waals surface area contributed by atoms with Crippen LogP contribution in [0.2, 0.25) is 5.02 Å². The van der Waals surface area contributed by atoms with E-state index in [-0.39, 0.29) is 5.75 Å². The van der Waals surface area contributed by atoms with Crippen LogP contribution >= 0.6 is 11.6 Å². The first-order chi connectivity index (χ1) is 14.0. The fourth-order valence-electron chi connectivity index (χ4n) is 3.76. The zero-order chi connectivity index (χ0) is 20.4. The van der Waals surface area contributed by atoms with Gasteiger partial charge in [0, 0.05) is 37.7 Å². The molecule has 1 aliphatic heterocycles. The van der Waals surface area contributed by atoms with Crippen LogP contribution in [0, 0.1) is 0 Å². The van der Waals surface area contributed by atoms with Crippen molar-refractivity contribution in [2.75, 3.05) is 31.9 Å². The summed E-state index contributed by atoms with van der Waals surface area (Å²) in [5.41, 5.74) is 3.15. The van der Waals surface area contributed by atoms with Crippen molar-refractivity contribution in [1.29, 1.82) is 0 Å². The van der Waals surface area contributed by atoms with Gasteiger partial charge in [-0.15, -0.1) is 0 Å². The van der Waals surface area contributed by atoms with E-state index < -0.39 is 10.0 Å². The zero-order valence-electron chi connectivity index (χ0n) is 16.5. The molecule has 1 fully saturated rings. The Kier molecular flexibility index (Phi) is 5.92. The summed E-state index contributed by atoms with van der Waals surface area (Å²) in [6.45, 7) is 5.57. The number of rotatable bonds is 6. The van der Waals surface area contributed by atoms with E-state index in [4.69, 9.17) is 16.6 Å². The molecule has 2 aromatic carbocycles. The summed E-state index contributed by atoms with van der Waals surface area (Å²) in [4.78, 5) is 7.12. The first-order valence-electron chi connectivity index (χ1n) is 9.85. The van der Waals surface area contributed by atoms with E-state index in [2.05, 4.69) is 21.6 Å². The van der Waals surface area contributed by atoms with Crippen molar-refractivity contribution in [3.05, 3.63) is 64.9 Å². The molecular weight excluding hydrogens is 408 g/mol. The summed E-state index contributed by atoms with van der Waals surface area (Å²) in [6, 6.07) is 16.1. The highest BCUT2D eigenvalue weighted by molar-refractivity contribution is 7.89. The minimum absolute atomic E-state index is 0.153. The highest BCUT2D eigenvalue weighted by Gasteiger charge is 2.26. The molecular formula is C21H25ClN4O2S. The first kappa shape index (κ1) is 20.3. The van der Waals surface area contributed by atoms with Crippen LogP contribution in [-0.2, 0) is 23.1 Å². The smallest absolute Gasteiger partial charge is 0.213 e. The maximum absolute atomic E-state index is 12.1. The van der Waals surface area contributed by atoms with Crippen LogP contribution in [0.3, 0.4) is 0 Å². The van der Waals surface area contributed by atoms with E-state index in [1.165, 1.54) is 5.56 Å². The molecule has 29 heavy (non-hydrogen) atoms. The van der Waals surface area contributed by atoms with Crippen LogP contribution in [0.1, 0.15) is 18.3 Å². The summed E-state index contributed by atoms with van der Waals surface area (Å²) in [5.74, 6) is 1.12. The van der Waals surface area contributed by atoms with Crippen molar-refractivity contribution in [2.24, 2.45) is 0 Å². The van der Waals surface area contributed by atoms with Gasteiger partial charge in [0.1, 0.15) is 5.82 Å². The fraction of sp³-hybridized carbons (Fsp3) is 0.381. The summed E-state index contributed by atoms with van der Waals surface area (Å²) in [7, 11) is -3.12. The van der Waals surface area contributed by atoms with Crippen LogP contribution in [0.15, 0.2) is 48.5 Å². The average Bonchev–Trinajstić information content (AvgIpc) is 3.05. The number of hydrogen-bond donors (Lipinski definition) is 0. The summed E-state index contributed by atoms with van der Waals surface area (Å²) in [6.07, 6.45) is 0.